The monoisotopic (exact) mass is 692 g/mol. The molecule has 0 bridgehead atoms. The van der Waals surface area contributed by atoms with Crippen LogP contribution in [0, 0.1) is 6.92 Å². The van der Waals surface area contributed by atoms with Crippen LogP contribution in [0.2, 0.25) is 0 Å². The molecule has 12 nitrogen and oxygen atoms in total. The van der Waals surface area contributed by atoms with E-state index in [1.165, 1.54) is 11.3 Å². The maximum atomic E-state index is 13.1. The van der Waals surface area contributed by atoms with Crippen molar-refractivity contribution in [2.75, 3.05) is 50.0 Å². The smallest absolute Gasteiger partial charge is 0.324 e. The number of aromatic nitrogens is 4. The Morgan fingerprint density at radius 2 is 1.68 bits per heavy atom. The summed E-state index contributed by atoms with van der Waals surface area (Å²) in [5.41, 5.74) is 4.64. The van der Waals surface area contributed by atoms with E-state index < -0.39 is 0 Å². The fourth-order valence-corrected chi connectivity index (χ4v) is 6.67. The van der Waals surface area contributed by atoms with Gasteiger partial charge >= 0.3 is 6.03 Å². The summed E-state index contributed by atoms with van der Waals surface area (Å²) in [4.78, 5) is 33.4. The Hall–Kier alpha value is -5.24. The van der Waals surface area contributed by atoms with Gasteiger partial charge in [0.2, 0.25) is 0 Å². The van der Waals surface area contributed by atoms with Gasteiger partial charge in [0.1, 0.15) is 23.0 Å². The predicted octanol–water partition coefficient (Wildman–Crippen LogP) is 6.84. The van der Waals surface area contributed by atoms with Gasteiger partial charge in [-0.15, -0.1) is 0 Å². The summed E-state index contributed by atoms with van der Waals surface area (Å²) < 4.78 is 16.2. The van der Waals surface area contributed by atoms with E-state index in [2.05, 4.69) is 46.6 Å². The molecule has 50 heavy (non-hydrogen) atoms. The summed E-state index contributed by atoms with van der Waals surface area (Å²) in [5, 5.41) is 13.6. The van der Waals surface area contributed by atoms with E-state index in [0.29, 0.717) is 35.2 Å². The van der Waals surface area contributed by atoms with Gasteiger partial charge in [0.05, 0.1) is 34.8 Å². The number of carbonyl (C=O) groups excluding carboxylic acids is 2. The normalized spacial score (nSPS) is 13.8. The molecule has 7 rings (SSSR count). The van der Waals surface area contributed by atoms with E-state index in [1.54, 1.807) is 35.1 Å². The predicted molar refractivity (Wildman–Crippen MR) is 196 cm³/mol. The largest absolute Gasteiger partial charge is 0.457 e. The standard InChI is InChI=1S/C37H40N8O4S/c1-24-5-9-26(10-6-24)45-33(22-32(42-45)37(2,3)4)41-35(47)39-25-7-11-27(12-8-25)49-28-13-14-30-31(21-28)50-36-40-29(23-44(30)36)34(46)38-15-16-43-17-19-48-20-18-43/h5-14,21-23H,15-20H2,1-4H3,(H,38,46)(H2,39,41,47). The van der Waals surface area contributed by atoms with E-state index in [4.69, 9.17) is 14.6 Å². The van der Waals surface area contributed by atoms with Gasteiger partial charge in [0.25, 0.3) is 5.91 Å². The Bertz CT molecular complexity index is 2140. The molecular formula is C37H40N8O4S. The highest BCUT2D eigenvalue weighted by molar-refractivity contribution is 7.23. The number of amides is 3. The highest BCUT2D eigenvalue weighted by Gasteiger charge is 2.22. The minimum atomic E-state index is -0.380. The SMILES string of the molecule is Cc1ccc(-n2nc(C(C)(C)C)cc2NC(=O)Nc2ccc(Oc3ccc4c(c3)sc3nc(C(=O)NCCN5CCOCC5)cn34)cc2)cc1. The molecule has 1 fully saturated rings. The van der Waals surface area contributed by atoms with Crippen LogP contribution in [0.25, 0.3) is 20.9 Å². The lowest BCUT2D eigenvalue weighted by Gasteiger charge is -2.26. The molecular weight excluding hydrogens is 653 g/mol. The Kier molecular flexibility index (Phi) is 9.27. The highest BCUT2D eigenvalue weighted by Crippen LogP contribution is 2.32. The lowest BCUT2D eigenvalue weighted by atomic mass is 9.92. The molecule has 0 spiro atoms. The highest BCUT2D eigenvalue weighted by atomic mass is 32.1. The molecule has 3 amide bonds. The molecule has 0 atom stereocenters. The molecule has 4 heterocycles. The molecule has 1 aliphatic rings. The molecule has 0 unspecified atom stereocenters. The number of ether oxygens (including phenoxy) is 2. The van der Waals surface area contributed by atoms with Gasteiger partial charge in [-0.3, -0.25) is 19.4 Å². The van der Waals surface area contributed by atoms with Gasteiger partial charge in [0, 0.05) is 55.6 Å². The number of thiazole rings is 1. The van der Waals surface area contributed by atoms with Crippen LogP contribution in [0.3, 0.4) is 0 Å². The van der Waals surface area contributed by atoms with Crippen molar-refractivity contribution in [3.63, 3.8) is 0 Å². The third kappa shape index (κ3) is 7.49. The quantitative estimate of drug-likeness (QED) is 0.152. The van der Waals surface area contributed by atoms with E-state index in [1.807, 2.05) is 59.9 Å². The number of morpholine rings is 1. The second-order valence-corrected chi connectivity index (χ2v) is 14.3. The number of hydrogen-bond donors (Lipinski definition) is 3. The first-order valence-corrected chi connectivity index (χ1v) is 17.4. The van der Waals surface area contributed by atoms with Crippen molar-refractivity contribution >= 4 is 50.0 Å². The van der Waals surface area contributed by atoms with Gasteiger partial charge in [-0.25, -0.2) is 14.5 Å². The maximum absolute atomic E-state index is 13.1. The zero-order valence-corrected chi connectivity index (χ0v) is 29.3. The first-order valence-electron chi connectivity index (χ1n) is 16.6. The summed E-state index contributed by atoms with van der Waals surface area (Å²) in [6.45, 7) is 12.9. The molecule has 0 radical (unpaired) electrons. The van der Waals surface area contributed by atoms with E-state index in [-0.39, 0.29) is 17.4 Å². The molecule has 6 aromatic rings. The average Bonchev–Trinajstić information content (AvgIpc) is 3.80. The molecule has 3 N–H and O–H groups in total. The van der Waals surface area contributed by atoms with E-state index in [0.717, 1.165) is 65.0 Å². The molecule has 3 aromatic carbocycles. The van der Waals surface area contributed by atoms with Crippen LogP contribution in [0.5, 0.6) is 11.5 Å². The van der Waals surface area contributed by atoms with Crippen molar-refractivity contribution in [1.82, 2.24) is 29.4 Å². The molecule has 13 heteroatoms. The van der Waals surface area contributed by atoms with Crippen molar-refractivity contribution < 1.29 is 19.1 Å². The number of benzene rings is 3. The Morgan fingerprint density at radius 1 is 0.940 bits per heavy atom. The van der Waals surface area contributed by atoms with Crippen LogP contribution in [-0.2, 0) is 10.2 Å². The lowest BCUT2D eigenvalue weighted by molar-refractivity contribution is 0.0383. The summed E-state index contributed by atoms with van der Waals surface area (Å²) in [7, 11) is 0. The molecule has 0 aliphatic carbocycles. The molecule has 1 aliphatic heterocycles. The van der Waals surface area contributed by atoms with Crippen LogP contribution < -0.4 is 20.7 Å². The summed E-state index contributed by atoms with van der Waals surface area (Å²) in [6.07, 6.45) is 1.78. The molecule has 3 aromatic heterocycles. The van der Waals surface area contributed by atoms with Gasteiger partial charge in [-0.05, 0) is 55.5 Å². The number of anilines is 2. The Labute approximate surface area is 294 Å². The summed E-state index contributed by atoms with van der Waals surface area (Å²) in [6, 6.07) is 22.5. The number of urea groups is 1. The fraction of sp³-hybridized carbons (Fsp3) is 0.297. The van der Waals surface area contributed by atoms with Crippen molar-refractivity contribution in [2.24, 2.45) is 0 Å². The molecule has 258 valence electrons. The average molecular weight is 693 g/mol. The van der Waals surface area contributed by atoms with E-state index >= 15 is 0 Å². The van der Waals surface area contributed by atoms with Crippen molar-refractivity contribution in [3.05, 3.63) is 95.9 Å². The maximum Gasteiger partial charge on any atom is 0.324 e. The van der Waals surface area contributed by atoms with Crippen LogP contribution in [-0.4, -0.2) is 75.4 Å². The minimum Gasteiger partial charge on any atom is -0.457 e. The number of carbonyl (C=O) groups is 2. The van der Waals surface area contributed by atoms with E-state index in [9.17, 15) is 9.59 Å². The number of rotatable bonds is 9. The summed E-state index contributed by atoms with van der Waals surface area (Å²) >= 11 is 1.49. The second kappa shape index (κ2) is 13.9. The number of fused-ring (bicyclic) bond motifs is 3. The first-order chi connectivity index (χ1) is 24.1. The van der Waals surface area contributed by atoms with Crippen molar-refractivity contribution in [1.29, 1.82) is 0 Å². The van der Waals surface area contributed by atoms with Gasteiger partial charge < -0.3 is 20.1 Å². The number of imidazole rings is 1. The number of hydrogen-bond acceptors (Lipinski definition) is 8. The zero-order chi connectivity index (χ0) is 34.8. The van der Waals surface area contributed by atoms with Crippen molar-refractivity contribution in [2.45, 2.75) is 33.1 Å². The van der Waals surface area contributed by atoms with Gasteiger partial charge in [-0.2, -0.15) is 5.10 Å². The molecule has 1 saturated heterocycles. The van der Waals surface area contributed by atoms with Gasteiger partial charge in [-0.1, -0.05) is 49.8 Å². The first kappa shape index (κ1) is 33.3. The Morgan fingerprint density at radius 3 is 2.42 bits per heavy atom. The van der Waals surface area contributed by atoms with Gasteiger partial charge in [0.15, 0.2) is 4.96 Å². The number of aryl methyl sites for hydroxylation is 1. The Balaban J connectivity index is 0.968. The summed E-state index contributed by atoms with van der Waals surface area (Å²) in [5.74, 6) is 1.69. The van der Waals surface area contributed by atoms with Crippen LogP contribution in [0.1, 0.15) is 42.5 Å². The fourth-order valence-electron chi connectivity index (χ4n) is 5.64. The minimum absolute atomic E-state index is 0.179. The second-order valence-electron chi connectivity index (χ2n) is 13.3. The van der Waals surface area contributed by atoms with Crippen molar-refractivity contribution in [3.8, 4) is 17.2 Å². The zero-order valence-electron chi connectivity index (χ0n) is 28.5. The van der Waals surface area contributed by atoms with Crippen LogP contribution in [0.4, 0.5) is 16.3 Å². The lowest BCUT2D eigenvalue weighted by Crippen LogP contribution is -2.41. The number of nitrogens with zero attached hydrogens (tertiary/aromatic N) is 5. The topological polar surface area (TPSA) is 127 Å². The third-order valence-electron chi connectivity index (χ3n) is 8.46. The van der Waals surface area contributed by atoms with Crippen LogP contribution >= 0.6 is 11.3 Å². The number of nitrogens with one attached hydrogen (secondary N) is 3. The third-order valence-corrected chi connectivity index (χ3v) is 9.48. The molecule has 0 saturated carbocycles. The van der Waals surface area contributed by atoms with Crippen LogP contribution in [0.15, 0.2) is 79.0 Å².